The Balaban J connectivity index is 3.84. The molecule has 0 rings (SSSR count). The van der Waals surface area contributed by atoms with E-state index >= 15 is 0 Å². The fraction of sp³-hybridized carbons (Fsp3) is 0.850. The van der Waals surface area contributed by atoms with Crippen LogP contribution in [0.5, 0.6) is 0 Å². The maximum absolute atomic E-state index is 11.6. The molecule has 0 aromatic carbocycles. The predicted molar refractivity (Wildman–Crippen MR) is 100 cm³/mol. The van der Waals surface area contributed by atoms with Gasteiger partial charge in [0, 0.05) is 0 Å². The molecule has 0 amide bonds. The van der Waals surface area contributed by atoms with Crippen molar-refractivity contribution < 1.29 is 24.9 Å². The van der Waals surface area contributed by atoms with Crippen molar-refractivity contribution in [2.45, 2.75) is 84.8 Å². The van der Waals surface area contributed by atoms with Crippen LogP contribution in [0.1, 0.15) is 72.6 Å². The van der Waals surface area contributed by atoms with Gasteiger partial charge < -0.3 is 20.1 Å². The molecule has 5 heteroatoms. The van der Waals surface area contributed by atoms with Crippen LogP contribution in [-0.2, 0) is 9.53 Å². The Bertz CT molecular complexity index is 378. The zero-order valence-corrected chi connectivity index (χ0v) is 16.4. The highest BCUT2D eigenvalue weighted by Gasteiger charge is 2.16. The summed E-state index contributed by atoms with van der Waals surface area (Å²) in [5.74, 6) is 1.09. The summed E-state index contributed by atoms with van der Waals surface area (Å²) in [4.78, 5) is 11.6. The van der Waals surface area contributed by atoms with Gasteiger partial charge in [0.25, 0.3) is 0 Å². The summed E-state index contributed by atoms with van der Waals surface area (Å²) in [7, 11) is 0. The summed E-state index contributed by atoms with van der Waals surface area (Å²) in [6.07, 6.45) is 6.69. The van der Waals surface area contributed by atoms with Crippen molar-refractivity contribution in [3.8, 4) is 0 Å². The van der Waals surface area contributed by atoms with Gasteiger partial charge in [0.1, 0.15) is 18.8 Å². The van der Waals surface area contributed by atoms with Crippen LogP contribution in [0.25, 0.3) is 0 Å². The Kier molecular flexibility index (Phi) is 13.8. The number of aliphatic hydroxyl groups excluding tert-OH is 3. The lowest BCUT2D eigenvalue weighted by atomic mass is 9.94. The van der Waals surface area contributed by atoms with Gasteiger partial charge in [-0.2, -0.15) is 0 Å². The summed E-state index contributed by atoms with van der Waals surface area (Å²) >= 11 is 0. The molecule has 0 saturated carbocycles. The number of hydrogen-bond acceptors (Lipinski definition) is 5. The number of aliphatic hydroxyl groups is 3. The minimum absolute atomic E-state index is 0.164. The largest absolute Gasteiger partial charge is 0.463 e. The van der Waals surface area contributed by atoms with Gasteiger partial charge in [0.05, 0.1) is 13.0 Å². The van der Waals surface area contributed by atoms with E-state index in [1.807, 2.05) is 13.0 Å². The van der Waals surface area contributed by atoms with Gasteiger partial charge in [-0.15, -0.1) is 0 Å². The minimum atomic E-state index is -1.28. The molecule has 0 aromatic rings. The molecule has 25 heavy (non-hydrogen) atoms. The number of carbonyl (C=O) groups is 1. The molecule has 0 aliphatic rings. The van der Waals surface area contributed by atoms with Crippen molar-refractivity contribution in [3.05, 3.63) is 11.6 Å². The molecule has 0 fully saturated rings. The normalized spacial score (nSPS) is 15.9. The molecular formula is C20H38O5. The zero-order chi connectivity index (χ0) is 19.2. The molecule has 0 saturated heterocycles. The standard InChI is InChI=1S/C20H38O5/c1-15(2)7-5-8-16(3)9-6-10-17(4)11-12-20(24)25-14-19(23)18(22)13-21/h11,15-16,18-19,21-23H,5-10,12-14H2,1-4H3/b17-11+. The maximum Gasteiger partial charge on any atom is 0.309 e. The Morgan fingerprint density at radius 1 is 1.04 bits per heavy atom. The SMILES string of the molecule is C/C(=C\CC(=O)OCC(O)C(O)CO)CCCC(C)CCCC(C)C. The number of esters is 1. The molecule has 0 aliphatic heterocycles. The average molecular weight is 359 g/mol. The molecule has 3 N–H and O–H groups in total. The van der Waals surface area contributed by atoms with E-state index < -0.39 is 24.8 Å². The summed E-state index contributed by atoms with van der Waals surface area (Å²) < 4.78 is 4.88. The molecule has 0 radical (unpaired) electrons. The zero-order valence-electron chi connectivity index (χ0n) is 16.4. The molecule has 3 unspecified atom stereocenters. The highest BCUT2D eigenvalue weighted by Crippen LogP contribution is 2.19. The molecular weight excluding hydrogens is 320 g/mol. The number of hydrogen-bond donors (Lipinski definition) is 3. The first-order chi connectivity index (χ1) is 11.8. The second kappa shape index (κ2) is 14.3. The first-order valence-corrected chi connectivity index (χ1v) is 9.54. The third kappa shape index (κ3) is 14.0. The highest BCUT2D eigenvalue weighted by atomic mass is 16.5. The van der Waals surface area contributed by atoms with Crippen LogP contribution >= 0.6 is 0 Å². The van der Waals surface area contributed by atoms with Crippen molar-refractivity contribution in [1.29, 1.82) is 0 Å². The fourth-order valence-corrected chi connectivity index (χ4v) is 2.58. The van der Waals surface area contributed by atoms with Crippen molar-refractivity contribution in [1.82, 2.24) is 0 Å². The predicted octanol–water partition coefficient (Wildman–Crippen LogP) is 3.21. The quantitative estimate of drug-likeness (QED) is 0.328. The number of carbonyl (C=O) groups excluding carboxylic acids is 1. The van der Waals surface area contributed by atoms with Crippen LogP contribution in [0.3, 0.4) is 0 Å². The third-order valence-electron chi connectivity index (χ3n) is 4.41. The van der Waals surface area contributed by atoms with Gasteiger partial charge in [-0.05, 0) is 31.6 Å². The lowest BCUT2D eigenvalue weighted by Crippen LogP contribution is -2.34. The molecule has 3 atom stereocenters. The average Bonchev–Trinajstić information content (AvgIpc) is 2.56. The van der Waals surface area contributed by atoms with Crippen molar-refractivity contribution in [2.24, 2.45) is 11.8 Å². The Labute approximate surface area is 153 Å². The van der Waals surface area contributed by atoms with Crippen LogP contribution < -0.4 is 0 Å². The molecule has 5 nitrogen and oxygen atoms in total. The van der Waals surface area contributed by atoms with Crippen LogP contribution in [0.2, 0.25) is 0 Å². The topological polar surface area (TPSA) is 87.0 Å². The van der Waals surface area contributed by atoms with E-state index in [1.54, 1.807) is 0 Å². The van der Waals surface area contributed by atoms with Crippen LogP contribution in [0, 0.1) is 11.8 Å². The van der Waals surface area contributed by atoms with Crippen LogP contribution in [0.4, 0.5) is 0 Å². The Morgan fingerprint density at radius 2 is 1.68 bits per heavy atom. The molecule has 0 aliphatic carbocycles. The van der Waals surface area contributed by atoms with E-state index in [0.29, 0.717) is 0 Å². The van der Waals surface area contributed by atoms with Gasteiger partial charge in [0.2, 0.25) is 0 Å². The molecule has 0 spiro atoms. The van der Waals surface area contributed by atoms with Crippen LogP contribution in [-0.4, -0.2) is 46.7 Å². The first-order valence-electron chi connectivity index (χ1n) is 9.54. The van der Waals surface area contributed by atoms with E-state index in [4.69, 9.17) is 9.84 Å². The van der Waals surface area contributed by atoms with Gasteiger partial charge in [-0.25, -0.2) is 0 Å². The van der Waals surface area contributed by atoms with E-state index in [2.05, 4.69) is 20.8 Å². The van der Waals surface area contributed by atoms with E-state index in [0.717, 1.165) is 24.7 Å². The Hall–Kier alpha value is -0.910. The number of ether oxygens (including phenoxy) is 1. The summed E-state index contributed by atoms with van der Waals surface area (Å²) in [6, 6.07) is 0. The van der Waals surface area contributed by atoms with E-state index in [-0.39, 0.29) is 13.0 Å². The fourth-order valence-electron chi connectivity index (χ4n) is 2.58. The first kappa shape index (κ1) is 24.1. The van der Waals surface area contributed by atoms with Crippen molar-refractivity contribution in [3.63, 3.8) is 0 Å². The second-order valence-electron chi connectivity index (χ2n) is 7.58. The van der Waals surface area contributed by atoms with Gasteiger partial charge >= 0.3 is 5.97 Å². The smallest absolute Gasteiger partial charge is 0.309 e. The Morgan fingerprint density at radius 3 is 2.28 bits per heavy atom. The van der Waals surface area contributed by atoms with E-state index in [9.17, 15) is 15.0 Å². The monoisotopic (exact) mass is 358 g/mol. The number of rotatable bonds is 14. The van der Waals surface area contributed by atoms with Gasteiger partial charge in [-0.3, -0.25) is 4.79 Å². The molecule has 0 bridgehead atoms. The lowest BCUT2D eigenvalue weighted by Gasteiger charge is -2.15. The summed E-state index contributed by atoms with van der Waals surface area (Å²) in [5.41, 5.74) is 1.17. The molecule has 0 heterocycles. The highest BCUT2D eigenvalue weighted by molar-refractivity contribution is 5.71. The molecule has 0 aromatic heterocycles. The second-order valence-corrected chi connectivity index (χ2v) is 7.58. The third-order valence-corrected chi connectivity index (χ3v) is 4.41. The van der Waals surface area contributed by atoms with Gasteiger partial charge in [-0.1, -0.05) is 58.1 Å². The van der Waals surface area contributed by atoms with Crippen molar-refractivity contribution >= 4 is 5.97 Å². The van der Waals surface area contributed by atoms with Crippen molar-refractivity contribution in [2.75, 3.05) is 13.2 Å². The van der Waals surface area contributed by atoms with Crippen LogP contribution in [0.15, 0.2) is 11.6 Å². The summed E-state index contributed by atoms with van der Waals surface area (Å²) in [5, 5.41) is 27.3. The van der Waals surface area contributed by atoms with E-state index in [1.165, 1.54) is 31.3 Å². The number of allylic oxidation sites excluding steroid dienone is 1. The summed E-state index contributed by atoms with van der Waals surface area (Å²) in [6.45, 7) is 7.98. The van der Waals surface area contributed by atoms with Gasteiger partial charge in [0.15, 0.2) is 0 Å². The molecule has 148 valence electrons. The maximum atomic E-state index is 11.6. The lowest BCUT2D eigenvalue weighted by molar-refractivity contribution is -0.148. The minimum Gasteiger partial charge on any atom is -0.463 e.